The second kappa shape index (κ2) is 6.81. The van der Waals surface area contributed by atoms with Gasteiger partial charge in [0.2, 0.25) is 0 Å². The lowest BCUT2D eigenvalue weighted by molar-refractivity contribution is 0.191. The highest BCUT2D eigenvalue weighted by Crippen LogP contribution is 2.27. The Bertz CT molecular complexity index is 776. The van der Waals surface area contributed by atoms with Crippen molar-refractivity contribution >= 4 is 11.6 Å². The third kappa shape index (κ3) is 3.36. The second-order valence-corrected chi connectivity index (χ2v) is 7.41. The van der Waals surface area contributed by atoms with Crippen LogP contribution < -0.4 is 9.80 Å². The molecule has 0 spiro atoms. The van der Waals surface area contributed by atoms with E-state index in [2.05, 4.69) is 48.8 Å². The molecule has 9 heteroatoms. The first kappa shape index (κ1) is 17.2. The molecule has 140 valence electrons. The molecule has 1 fully saturated rings. The van der Waals surface area contributed by atoms with E-state index in [0.29, 0.717) is 13.1 Å². The van der Waals surface area contributed by atoms with Crippen LogP contribution in [0, 0.1) is 6.92 Å². The highest BCUT2D eigenvalue weighted by atomic mass is 16.3. The Kier molecular flexibility index (Phi) is 4.49. The maximum absolute atomic E-state index is 10.1. The number of likely N-dealkylation sites (N-methyl/N-ethyl adjacent to an activating group) is 1. The number of aryl methyl sites for hydroxylation is 1. The van der Waals surface area contributed by atoms with E-state index >= 15 is 0 Å². The van der Waals surface area contributed by atoms with Gasteiger partial charge in [0.15, 0.2) is 0 Å². The topological polar surface area (TPSA) is 86.4 Å². The molecule has 0 unspecified atom stereocenters. The van der Waals surface area contributed by atoms with Crippen LogP contribution in [0.15, 0.2) is 12.4 Å². The SMILES string of the molecule is Cc1nc2n(n1)CCN(c1cc(N3C[C@H](O)C[C@@H]3CN(C)C)ncn1)C2. The summed E-state index contributed by atoms with van der Waals surface area (Å²) in [6.07, 6.45) is 2.07. The van der Waals surface area contributed by atoms with E-state index in [4.69, 9.17) is 0 Å². The zero-order valence-corrected chi connectivity index (χ0v) is 15.6. The molecule has 0 saturated carbocycles. The third-order valence-corrected chi connectivity index (χ3v) is 4.99. The van der Waals surface area contributed by atoms with Crippen molar-refractivity contribution in [1.29, 1.82) is 0 Å². The first-order chi connectivity index (χ1) is 12.5. The summed E-state index contributed by atoms with van der Waals surface area (Å²) in [6, 6.07) is 2.29. The van der Waals surface area contributed by atoms with Crippen LogP contribution >= 0.6 is 0 Å². The van der Waals surface area contributed by atoms with Crippen molar-refractivity contribution < 1.29 is 5.11 Å². The number of fused-ring (bicyclic) bond motifs is 1. The maximum atomic E-state index is 10.1. The fourth-order valence-electron chi connectivity index (χ4n) is 3.89. The van der Waals surface area contributed by atoms with Gasteiger partial charge in [-0.2, -0.15) is 5.10 Å². The zero-order chi connectivity index (χ0) is 18.3. The van der Waals surface area contributed by atoms with Gasteiger partial charge in [0, 0.05) is 31.7 Å². The van der Waals surface area contributed by atoms with Crippen molar-refractivity contribution in [3.05, 3.63) is 24.0 Å². The Hall–Kier alpha value is -2.26. The molecule has 0 aliphatic carbocycles. The Balaban J connectivity index is 1.55. The van der Waals surface area contributed by atoms with Crippen LogP contribution in [-0.2, 0) is 13.1 Å². The molecule has 0 amide bonds. The van der Waals surface area contributed by atoms with E-state index in [0.717, 1.165) is 49.3 Å². The Morgan fingerprint density at radius 2 is 2.04 bits per heavy atom. The van der Waals surface area contributed by atoms with Gasteiger partial charge in [-0.1, -0.05) is 0 Å². The van der Waals surface area contributed by atoms with Gasteiger partial charge in [-0.25, -0.2) is 19.6 Å². The molecule has 9 nitrogen and oxygen atoms in total. The van der Waals surface area contributed by atoms with Crippen LogP contribution in [0.2, 0.25) is 0 Å². The van der Waals surface area contributed by atoms with Crippen LogP contribution in [0.3, 0.4) is 0 Å². The van der Waals surface area contributed by atoms with Crippen LogP contribution in [0.1, 0.15) is 18.1 Å². The molecule has 4 heterocycles. The number of aliphatic hydroxyl groups excluding tert-OH is 1. The molecule has 26 heavy (non-hydrogen) atoms. The number of β-amino-alcohol motifs (C(OH)–C–C–N with tert-alkyl or cyclic N) is 1. The molecule has 0 aromatic carbocycles. The van der Waals surface area contributed by atoms with E-state index in [1.54, 1.807) is 6.33 Å². The summed E-state index contributed by atoms with van der Waals surface area (Å²) in [5.41, 5.74) is 0. The number of aliphatic hydroxyl groups is 1. The highest BCUT2D eigenvalue weighted by Gasteiger charge is 2.32. The summed E-state index contributed by atoms with van der Waals surface area (Å²) in [6.45, 7) is 5.77. The van der Waals surface area contributed by atoms with E-state index in [9.17, 15) is 5.11 Å². The van der Waals surface area contributed by atoms with Gasteiger partial charge in [-0.05, 0) is 27.4 Å². The van der Waals surface area contributed by atoms with Crippen LogP contribution in [0.25, 0.3) is 0 Å². The normalized spacial score (nSPS) is 23.0. The largest absolute Gasteiger partial charge is 0.391 e. The van der Waals surface area contributed by atoms with Gasteiger partial charge in [-0.3, -0.25) is 0 Å². The molecule has 2 aromatic heterocycles. The number of hydrogen-bond donors (Lipinski definition) is 1. The fourth-order valence-corrected chi connectivity index (χ4v) is 3.89. The van der Waals surface area contributed by atoms with Gasteiger partial charge in [0.25, 0.3) is 0 Å². The second-order valence-electron chi connectivity index (χ2n) is 7.41. The number of aromatic nitrogens is 5. The minimum Gasteiger partial charge on any atom is -0.391 e. The Morgan fingerprint density at radius 1 is 1.23 bits per heavy atom. The average molecular weight is 358 g/mol. The zero-order valence-electron chi connectivity index (χ0n) is 15.6. The van der Waals surface area contributed by atoms with Gasteiger partial charge in [0.1, 0.15) is 29.6 Å². The first-order valence-electron chi connectivity index (χ1n) is 9.06. The Labute approximate surface area is 153 Å². The molecule has 1 N–H and O–H groups in total. The van der Waals surface area contributed by atoms with Gasteiger partial charge in [-0.15, -0.1) is 0 Å². The van der Waals surface area contributed by atoms with Crippen LogP contribution in [0.5, 0.6) is 0 Å². The molecule has 4 rings (SSSR count). The van der Waals surface area contributed by atoms with Crippen LogP contribution in [0.4, 0.5) is 11.6 Å². The fraction of sp³-hybridized carbons (Fsp3) is 0.647. The predicted octanol–water partition coefficient (Wildman–Crippen LogP) is -0.102. The standard InChI is InChI=1S/C17H26N8O/c1-12-20-17-10-23(4-5-25(17)21-12)15-7-16(19-11-18-15)24-9-14(26)6-13(24)8-22(2)3/h7,11,13-14,26H,4-6,8-10H2,1-3H3/t13-,14-/m1/s1. The summed E-state index contributed by atoms with van der Waals surface area (Å²) in [5, 5.41) is 14.6. The molecule has 1 saturated heterocycles. The minimum atomic E-state index is -0.310. The molecule has 0 radical (unpaired) electrons. The van der Waals surface area contributed by atoms with Crippen molar-refractivity contribution in [2.75, 3.05) is 43.5 Å². The summed E-state index contributed by atoms with van der Waals surface area (Å²) < 4.78 is 1.97. The molecule has 2 aliphatic rings. The van der Waals surface area contributed by atoms with E-state index in [-0.39, 0.29) is 12.1 Å². The maximum Gasteiger partial charge on any atom is 0.147 e. The summed E-state index contributed by atoms with van der Waals surface area (Å²) in [5.74, 6) is 3.55. The van der Waals surface area contributed by atoms with Gasteiger partial charge >= 0.3 is 0 Å². The quantitative estimate of drug-likeness (QED) is 0.811. The average Bonchev–Trinajstić information content (AvgIpc) is 3.15. The molecule has 2 aromatic rings. The molecular formula is C17H26N8O. The van der Waals surface area contributed by atoms with Gasteiger partial charge < -0.3 is 19.8 Å². The number of rotatable bonds is 4. The number of hydrogen-bond acceptors (Lipinski definition) is 8. The van der Waals surface area contributed by atoms with Crippen molar-refractivity contribution in [1.82, 2.24) is 29.6 Å². The molecule has 0 bridgehead atoms. The first-order valence-corrected chi connectivity index (χ1v) is 9.06. The van der Waals surface area contributed by atoms with E-state index < -0.39 is 0 Å². The summed E-state index contributed by atoms with van der Waals surface area (Å²) in [4.78, 5) is 20.0. The van der Waals surface area contributed by atoms with Crippen LogP contribution in [-0.4, -0.2) is 80.6 Å². The van der Waals surface area contributed by atoms with Crippen molar-refractivity contribution in [2.45, 2.75) is 38.6 Å². The lowest BCUT2D eigenvalue weighted by atomic mass is 10.2. The molecule has 2 atom stereocenters. The number of anilines is 2. The lowest BCUT2D eigenvalue weighted by Gasteiger charge is -2.30. The third-order valence-electron chi connectivity index (χ3n) is 4.99. The summed E-state index contributed by atoms with van der Waals surface area (Å²) in [7, 11) is 4.11. The molecular weight excluding hydrogens is 332 g/mol. The number of nitrogens with zero attached hydrogens (tertiary/aromatic N) is 8. The van der Waals surface area contributed by atoms with Crippen molar-refractivity contribution in [3.63, 3.8) is 0 Å². The predicted molar refractivity (Wildman–Crippen MR) is 98.2 cm³/mol. The lowest BCUT2D eigenvalue weighted by Crippen LogP contribution is -2.38. The monoisotopic (exact) mass is 358 g/mol. The smallest absolute Gasteiger partial charge is 0.147 e. The minimum absolute atomic E-state index is 0.259. The van der Waals surface area contributed by atoms with E-state index in [1.807, 2.05) is 17.7 Å². The highest BCUT2D eigenvalue weighted by molar-refractivity contribution is 5.52. The van der Waals surface area contributed by atoms with Crippen molar-refractivity contribution in [3.8, 4) is 0 Å². The molecule has 2 aliphatic heterocycles. The van der Waals surface area contributed by atoms with E-state index in [1.165, 1.54) is 0 Å². The van der Waals surface area contributed by atoms with Gasteiger partial charge in [0.05, 0.1) is 19.2 Å². The Morgan fingerprint density at radius 3 is 2.85 bits per heavy atom. The summed E-state index contributed by atoms with van der Waals surface area (Å²) >= 11 is 0. The van der Waals surface area contributed by atoms with Crippen molar-refractivity contribution in [2.24, 2.45) is 0 Å².